The van der Waals surface area contributed by atoms with Crippen molar-refractivity contribution in [2.24, 2.45) is 5.92 Å². The van der Waals surface area contributed by atoms with Gasteiger partial charge in [-0.2, -0.15) is 0 Å². The van der Waals surface area contributed by atoms with Gasteiger partial charge < -0.3 is 29.3 Å². The molecule has 0 unspecified atom stereocenters. The fraction of sp³-hybridized carbons (Fsp3) is 0.588. The monoisotopic (exact) mass is 637 g/mol. The zero-order chi connectivity index (χ0) is 33.3. The number of unbranched alkanes of at least 4 members (excludes halogenated alkanes) is 1. The molecule has 0 bridgehead atoms. The van der Waals surface area contributed by atoms with Crippen LogP contribution < -0.4 is 5.32 Å². The number of rotatable bonds is 13. The van der Waals surface area contributed by atoms with Gasteiger partial charge >= 0.3 is 12.1 Å². The molecule has 3 atom stereocenters. The van der Waals surface area contributed by atoms with Gasteiger partial charge in [-0.3, -0.25) is 14.4 Å². The molecule has 1 N–H and O–H groups in total. The van der Waals surface area contributed by atoms with E-state index in [0.717, 1.165) is 30.5 Å². The topological polar surface area (TPSA) is 140 Å². The van der Waals surface area contributed by atoms with E-state index in [0.29, 0.717) is 38.0 Å². The van der Waals surface area contributed by atoms with Crippen LogP contribution in [0.2, 0.25) is 0 Å². The van der Waals surface area contributed by atoms with Crippen molar-refractivity contribution < 1.29 is 33.4 Å². The molecule has 1 aliphatic heterocycles. The predicted molar refractivity (Wildman–Crippen MR) is 171 cm³/mol. The molecule has 12 nitrogen and oxygen atoms in total. The third-order valence-corrected chi connectivity index (χ3v) is 7.93. The summed E-state index contributed by atoms with van der Waals surface area (Å²) in [4.78, 5) is 65.2. The van der Waals surface area contributed by atoms with Gasteiger partial charge in [-0.15, -0.1) is 0 Å². The van der Waals surface area contributed by atoms with Crippen molar-refractivity contribution >= 4 is 23.9 Å². The lowest BCUT2D eigenvalue weighted by atomic mass is 10.1. The van der Waals surface area contributed by atoms with Crippen LogP contribution in [0.5, 0.6) is 0 Å². The summed E-state index contributed by atoms with van der Waals surface area (Å²) in [6.07, 6.45) is 2.19. The summed E-state index contributed by atoms with van der Waals surface area (Å²) in [5.74, 6) is -0.462. The van der Waals surface area contributed by atoms with E-state index in [9.17, 15) is 19.2 Å². The largest absolute Gasteiger partial charge is 0.460 e. The van der Waals surface area contributed by atoms with Gasteiger partial charge in [0.1, 0.15) is 17.3 Å². The molecule has 46 heavy (non-hydrogen) atoms. The van der Waals surface area contributed by atoms with Crippen LogP contribution in [0.25, 0.3) is 11.4 Å². The molecule has 3 amide bonds. The van der Waals surface area contributed by atoms with Gasteiger partial charge in [-0.05, 0) is 52.0 Å². The molecule has 0 radical (unpaired) electrons. The van der Waals surface area contributed by atoms with Gasteiger partial charge in [0.05, 0.1) is 6.61 Å². The molecule has 2 aliphatic rings. The molecule has 4 rings (SSSR count). The van der Waals surface area contributed by atoms with E-state index in [1.165, 1.54) is 0 Å². The zero-order valence-electron chi connectivity index (χ0n) is 27.6. The highest BCUT2D eigenvalue weighted by molar-refractivity contribution is 5.96. The Balaban J connectivity index is 1.51. The second-order valence-corrected chi connectivity index (χ2v) is 12.9. The van der Waals surface area contributed by atoms with Crippen molar-refractivity contribution in [3.63, 3.8) is 0 Å². The van der Waals surface area contributed by atoms with Gasteiger partial charge in [-0.25, -0.2) is 14.8 Å². The Hall–Kier alpha value is -4.06. The Morgan fingerprint density at radius 3 is 2.37 bits per heavy atom. The molecule has 2 fully saturated rings. The van der Waals surface area contributed by atoms with Gasteiger partial charge in [0.2, 0.25) is 5.91 Å². The predicted octanol–water partition coefficient (Wildman–Crippen LogP) is 4.19. The average molecular weight is 638 g/mol. The fourth-order valence-corrected chi connectivity index (χ4v) is 5.37. The minimum absolute atomic E-state index is 0.0424. The normalized spacial score (nSPS) is 18.5. The standard InChI is InChI=1S/C34H47N5O7/c1-6-7-19-45-33(43)39-17-15-38(16-18-39)32(42)26(13-14-29(40)46-34(2,3)4)37-31(41)28-21-27(25-20-24(25)22-44-5)35-30(36-28)23-11-9-8-10-12-23/h8-12,21,24-26H,6-7,13-20,22H2,1-5H3,(H,37,41)/t24-,25+,26-/m0/s1. The number of methoxy groups -OCH3 is 1. The number of nitrogens with zero attached hydrogens (tertiary/aromatic N) is 4. The Morgan fingerprint density at radius 1 is 1.02 bits per heavy atom. The molecule has 0 spiro atoms. The number of hydrogen-bond donors (Lipinski definition) is 1. The average Bonchev–Trinajstić information content (AvgIpc) is 3.81. The molecular weight excluding hydrogens is 590 g/mol. The number of nitrogens with one attached hydrogen (secondary N) is 1. The molecule has 1 aliphatic carbocycles. The highest BCUT2D eigenvalue weighted by Crippen LogP contribution is 2.47. The first-order valence-corrected chi connectivity index (χ1v) is 16.2. The molecule has 2 aromatic rings. The first kappa shape index (κ1) is 34.8. The van der Waals surface area contributed by atoms with Crippen molar-refractivity contribution in [3.8, 4) is 11.4 Å². The lowest BCUT2D eigenvalue weighted by Gasteiger charge is -2.36. The van der Waals surface area contributed by atoms with Crippen LogP contribution in [-0.2, 0) is 23.8 Å². The number of carbonyl (C=O) groups excluding carboxylic acids is 4. The third-order valence-electron chi connectivity index (χ3n) is 7.93. The molecule has 1 saturated heterocycles. The van der Waals surface area contributed by atoms with Crippen molar-refractivity contribution in [2.45, 2.75) is 77.4 Å². The van der Waals surface area contributed by atoms with Crippen LogP contribution in [0.15, 0.2) is 36.4 Å². The molecule has 1 aromatic heterocycles. The van der Waals surface area contributed by atoms with Crippen molar-refractivity contribution in [1.29, 1.82) is 0 Å². The van der Waals surface area contributed by atoms with E-state index in [4.69, 9.17) is 19.2 Å². The van der Waals surface area contributed by atoms with E-state index in [1.807, 2.05) is 37.3 Å². The molecule has 1 aromatic carbocycles. The van der Waals surface area contributed by atoms with Crippen LogP contribution in [0.4, 0.5) is 4.79 Å². The van der Waals surface area contributed by atoms with E-state index in [-0.39, 0.29) is 43.5 Å². The number of aromatic nitrogens is 2. The van der Waals surface area contributed by atoms with E-state index in [1.54, 1.807) is 43.7 Å². The Labute approximate surface area is 271 Å². The van der Waals surface area contributed by atoms with E-state index >= 15 is 0 Å². The van der Waals surface area contributed by atoms with Crippen molar-refractivity contribution in [2.75, 3.05) is 46.5 Å². The number of piperazine rings is 1. The maximum atomic E-state index is 13.8. The van der Waals surface area contributed by atoms with Crippen molar-refractivity contribution in [1.82, 2.24) is 25.1 Å². The zero-order valence-corrected chi connectivity index (χ0v) is 27.6. The molecule has 250 valence electrons. The Morgan fingerprint density at radius 2 is 1.72 bits per heavy atom. The van der Waals surface area contributed by atoms with Gasteiger partial charge in [0.15, 0.2) is 5.82 Å². The summed E-state index contributed by atoms with van der Waals surface area (Å²) >= 11 is 0. The number of carbonyl (C=O) groups is 4. The smallest absolute Gasteiger partial charge is 0.409 e. The lowest BCUT2D eigenvalue weighted by molar-refractivity contribution is -0.155. The SMILES string of the molecule is CCCCOC(=O)N1CCN(C(=O)[C@H](CCC(=O)OC(C)(C)C)NC(=O)c2cc([C@@H]3C[C@H]3COC)nc(-c3ccccc3)n2)CC1. The Bertz CT molecular complexity index is 1360. The van der Waals surface area contributed by atoms with Gasteiger partial charge in [-0.1, -0.05) is 43.7 Å². The molecule has 12 heteroatoms. The summed E-state index contributed by atoms with van der Waals surface area (Å²) in [6.45, 7) is 9.47. The minimum Gasteiger partial charge on any atom is -0.460 e. The number of benzene rings is 1. The summed E-state index contributed by atoms with van der Waals surface area (Å²) in [5, 5.41) is 2.86. The second-order valence-electron chi connectivity index (χ2n) is 12.9. The Kier molecular flexibility index (Phi) is 12.1. The van der Waals surface area contributed by atoms with Gasteiger partial charge in [0.25, 0.3) is 5.91 Å². The molecular formula is C34H47N5O7. The quantitative estimate of drug-likeness (QED) is 0.253. The summed E-state index contributed by atoms with van der Waals surface area (Å²) in [5.41, 5.74) is 0.976. The summed E-state index contributed by atoms with van der Waals surface area (Å²) in [6, 6.07) is 10.1. The van der Waals surface area contributed by atoms with Crippen LogP contribution in [0.3, 0.4) is 0 Å². The van der Waals surface area contributed by atoms with E-state index in [2.05, 4.69) is 10.3 Å². The number of amides is 3. The van der Waals surface area contributed by atoms with Crippen LogP contribution in [0, 0.1) is 5.92 Å². The van der Waals surface area contributed by atoms with Crippen LogP contribution >= 0.6 is 0 Å². The highest BCUT2D eigenvalue weighted by atomic mass is 16.6. The van der Waals surface area contributed by atoms with Crippen molar-refractivity contribution in [3.05, 3.63) is 47.8 Å². The number of esters is 1. The first-order valence-electron chi connectivity index (χ1n) is 16.2. The molecule has 2 heterocycles. The first-order chi connectivity index (χ1) is 22.0. The number of ether oxygens (including phenoxy) is 3. The summed E-state index contributed by atoms with van der Waals surface area (Å²) < 4.78 is 16.1. The maximum absolute atomic E-state index is 13.8. The second kappa shape index (κ2) is 16.0. The highest BCUT2D eigenvalue weighted by Gasteiger charge is 2.40. The van der Waals surface area contributed by atoms with Gasteiger partial charge in [0, 0.05) is 63.5 Å². The third kappa shape index (κ3) is 9.97. The number of hydrogen-bond acceptors (Lipinski definition) is 9. The van der Waals surface area contributed by atoms with Crippen LogP contribution in [-0.4, -0.2) is 102 Å². The van der Waals surface area contributed by atoms with E-state index < -0.39 is 29.6 Å². The fourth-order valence-electron chi connectivity index (χ4n) is 5.37. The van der Waals surface area contributed by atoms with Crippen LogP contribution in [0.1, 0.15) is 81.9 Å². The lowest BCUT2D eigenvalue weighted by Crippen LogP contribution is -2.56. The molecule has 1 saturated carbocycles. The maximum Gasteiger partial charge on any atom is 0.409 e. The minimum atomic E-state index is -1.01. The summed E-state index contributed by atoms with van der Waals surface area (Å²) in [7, 11) is 1.66.